The van der Waals surface area contributed by atoms with Crippen LogP contribution in [0.1, 0.15) is 25.6 Å². The second-order valence-corrected chi connectivity index (χ2v) is 5.15. The van der Waals surface area contributed by atoms with Gasteiger partial charge in [-0.05, 0) is 30.9 Å². The molecule has 0 amide bonds. The number of nitrogens with zero attached hydrogens (tertiary/aromatic N) is 5. The van der Waals surface area contributed by atoms with Crippen LogP contribution in [0.4, 0.5) is 19.0 Å². The van der Waals surface area contributed by atoms with Crippen LogP contribution in [0.5, 0.6) is 0 Å². The van der Waals surface area contributed by atoms with Crippen molar-refractivity contribution in [3.63, 3.8) is 0 Å². The summed E-state index contributed by atoms with van der Waals surface area (Å²) in [5, 5.41) is 10.7. The third kappa shape index (κ3) is 2.30. The molecule has 0 bridgehead atoms. The molecule has 1 saturated heterocycles. The van der Waals surface area contributed by atoms with E-state index in [0.29, 0.717) is 11.7 Å². The topological polar surface area (TPSA) is 46.3 Å². The van der Waals surface area contributed by atoms with E-state index in [1.807, 2.05) is 4.90 Å². The first-order valence-electron chi connectivity index (χ1n) is 6.50. The van der Waals surface area contributed by atoms with Crippen molar-refractivity contribution in [1.82, 2.24) is 19.8 Å². The first kappa shape index (κ1) is 13.1. The van der Waals surface area contributed by atoms with Gasteiger partial charge in [-0.15, -0.1) is 15.3 Å². The molecule has 1 aliphatic rings. The van der Waals surface area contributed by atoms with Crippen molar-refractivity contribution in [1.29, 1.82) is 0 Å². The minimum absolute atomic E-state index is 0.103. The van der Waals surface area contributed by atoms with Gasteiger partial charge in [-0.1, -0.05) is 6.92 Å². The molecule has 3 rings (SSSR count). The third-order valence-corrected chi connectivity index (χ3v) is 3.61. The fourth-order valence-corrected chi connectivity index (χ4v) is 2.36. The highest BCUT2D eigenvalue weighted by atomic mass is 19.4. The highest BCUT2D eigenvalue weighted by molar-refractivity contribution is 5.46. The Morgan fingerprint density at radius 3 is 2.50 bits per heavy atom. The Hall–Kier alpha value is -1.86. The molecule has 0 unspecified atom stereocenters. The molecule has 3 heterocycles. The van der Waals surface area contributed by atoms with Gasteiger partial charge >= 0.3 is 6.18 Å². The Balaban J connectivity index is 1.97. The SMILES string of the molecule is CC1CCN(c2ccc3nnc(C(F)(F)F)n3n2)CC1. The van der Waals surface area contributed by atoms with Gasteiger partial charge in [0.25, 0.3) is 5.82 Å². The normalized spacial score (nSPS) is 17.9. The number of fused-ring (bicyclic) bond motifs is 1. The summed E-state index contributed by atoms with van der Waals surface area (Å²) in [6.45, 7) is 3.79. The number of aromatic nitrogens is 4. The lowest BCUT2D eigenvalue weighted by molar-refractivity contribution is -0.146. The van der Waals surface area contributed by atoms with Gasteiger partial charge in [-0.2, -0.15) is 17.7 Å². The smallest absolute Gasteiger partial charge is 0.355 e. The van der Waals surface area contributed by atoms with Crippen LogP contribution in [0, 0.1) is 5.92 Å². The van der Waals surface area contributed by atoms with Crippen LogP contribution in [0.2, 0.25) is 0 Å². The molecule has 1 aliphatic heterocycles. The standard InChI is InChI=1S/C12H14F3N5/c1-8-4-6-19(7-5-8)10-3-2-9-16-17-11(12(13,14)15)20(9)18-10/h2-3,8H,4-7H2,1H3. The van der Waals surface area contributed by atoms with Gasteiger partial charge in [-0.25, -0.2) is 0 Å². The van der Waals surface area contributed by atoms with E-state index in [4.69, 9.17) is 0 Å². The molecule has 2 aromatic rings. The zero-order chi connectivity index (χ0) is 14.3. The second kappa shape index (κ2) is 4.60. The summed E-state index contributed by atoms with van der Waals surface area (Å²) in [4.78, 5) is 2.00. The summed E-state index contributed by atoms with van der Waals surface area (Å²) in [5.74, 6) is 0.102. The molecule has 0 aromatic carbocycles. The first-order valence-corrected chi connectivity index (χ1v) is 6.50. The summed E-state index contributed by atoms with van der Waals surface area (Å²) in [6.07, 6.45) is -2.51. The van der Waals surface area contributed by atoms with E-state index in [9.17, 15) is 13.2 Å². The number of anilines is 1. The molecule has 0 radical (unpaired) electrons. The molecule has 0 aliphatic carbocycles. The number of alkyl halides is 3. The average Bonchev–Trinajstić information content (AvgIpc) is 2.82. The van der Waals surface area contributed by atoms with Gasteiger partial charge in [0, 0.05) is 13.1 Å². The van der Waals surface area contributed by atoms with Crippen LogP contribution in [0.15, 0.2) is 12.1 Å². The van der Waals surface area contributed by atoms with Crippen molar-refractivity contribution >= 4 is 11.5 Å². The molecule has 1 fully saturated rings. The highest BCUT2D eigenvalue weighted by Crippen LogP contribution is 2.28. The molecular weight excluding hydrogens is 271 g/mol. The van der Waals surface area contributed by atoms with E-state index in [1.54, 1.807) is 6.07 Å². The van der Waals surface area contributed by atoms with Gasteiger partial charge < -0.3 is 4.90 Å². The van der Waals surface area contributed by atoms with Crippen LogP contribution in [0.25, 0.3) is 5.65 Å². The molecule has 0 spiro atoms. The fourth-order valence-electron chi connectivity index (χ4n) is 2.36. The number of hydrogen-bond donors (Lipinski definition) is 0. The summed E-state index contributed by atoms with van der Waals surface area (Å²) >= 11 is 0. The van der Waals surface area contributed by atoms with E-state index < -0.39 is 12.0 Å². The van der Waals surface area contributed by atoms with Crippen molar-refractivity contribution in [2.24, 2.45) is 5.92 Å². The molecule has 20 heavy (non-hydrogen) atoms. The Morgan fingerprint density at radius 2 is 1.85 bits per heavy atom. The van der Waals surface area contributed by atoms with Crippen molar-refractivity contribution < 1.29 is 13.2 Å². The summed E-state index contributed by atoms with van der Waals surface area (Å²) in [5.41, 5.74) is 0.103. The van der Waals surface area contributed by atoms with E-state index in [0.717, 1.165) is 30.4 Å². The van der Waals surface area contributed by atoms with Gasteiger partial charge in [0.05, 0.1) is 0 Å². The number of rotatable bonds is 1. The van der Waals surface area contributed by atoms with Gasteiger partial charge in [0.1, 0.15) is 5.82 Å². The van der Waals surface area contributed by atoms with Crippen LogP contribution < -0.4 is 4.90 Å². The van der Waals surface area contributed by atoms with Crippen molar-refractivity contribution in [2.45, 2.75) is 25.9 Å². The van der Waals surface area contributed by atoms with Crippen LogP contribution in [0.3, 0.4) is 0 Å². The molecule has 0 N–H and O–H groups in total. The maximum Gasteiger partial charge on any atom is 0.453 e. The molecule has 5 nitrogen and oxygen atoms in total. The minimum atomic E-state index is -4.55. The predicted molar refractivity (Wildman–Crippen MR) is 66.4 cm³/mol. The number of hydrogen-bond acceptors (Lipinski definition) is 4. The molecular formula is C12H14F3N5. The van der Waals surface area contributed by atoms with Crippen LogP contribution in [-0.2, 0) is 6.18 Å². The number of halogens is 3. The largest absolute Gasteiger partial charge is 0.453 e. The lowest BCUT2D eigenvalue weighted by atomic mass is 9.99. The quantitative estimate of drug-likeness (QED) is 0.807. The van der Waals surface area contributed by atoms with E-state index >= 15 is 0 Å². The summed E-state index contributed by atoms with van der Waals surface area (Å²) < 4.78 is 39.2. The Morgan fingerprint density at radius 1 is 1.15 bits per heavy atom. The zero-order valence-electron chi connectivity index (χ0n) is 10.9. The van der Waals surface area contributed by atoms with Crippen molar-refractivity contribution in [3.05, 3.63) is 18.0 Å². The molecule has 108 valence electrons. The Labute approximate surface area is 113 Å². The Kier molecular flexibility index (Phi) is 3.02. The molecule has 2 aromatic heterocycles. The second-order valence-electron chi connectivity index (χ2n) is 5.15. The maximum absolute atomic E-state index is 12.8. The summed E-state index contributed by atoms with van der Waals surface area (Å²) in [7, 11) is 0. The van der Waals surface area contributed by atoms with Crippen LogP contribution in [-0.4, -0.2) is 32.9 Å². The fraction of sp³-hybridized carbons (Fsp3) is 0.583. The zero-order valence-corrected chi connectivity index (χ0v) is 10.9. The maximum atomic E-state index is 12.8. The third-order valence-electron chi connectivity index (χ3n) is 3.61. The Bertz CT molecular complexity index is 613. The molecule has 0 atom stereocenters. The highest BCUT2D eigenvalue weighted by Gasteiger charge is 2.37. The first-order chi connectivity index (χ1) is 9.45. The van der Waals surface area contributed by atoms with E-state index in [1.165, 1.54) is 6.07 Å². The van der Waals surface area contributed by atoms with E-state index in [2.05, 4.69) is 22.2 Å². The van der Waals surface area contributed by atoms with Crippen molar-refractivity contribution in [2.75, 3.05) is 18.0 Å². The lowest BCUT2D eigenvalue weighted by Gasteiger charge is -2.30. The van der Waals surface area contributed by atoms with Gasteiger partial charge in [0.15, 0.2) is 5.65 Å². The lowest BCUT2D eigenvalue weighted by Crippen LogP contribution is -2.33. The monoisotopic (exact) mass is 285 g/mol. The average molecular weight is 285 g/mol. The predicted octanol–water partition coefficient (Wildman–Crippen LogP) is 2.38. The molecule has 0 saturated carbocycles. The van der Waals surface area contributed by atoms with Gasteiger partial charge in [0.2, 0.25) is 0 Å². The minimum Gasteiger partial charge on any atom is -0.355 e. The molecule has 8 heteroatoms. The van der Waals surface area contributed by atoms with Crippen LogP contribution >= 0.6 is 0 Å². The summed E-state index contributed by atoms with van der Waals surface area (Å²) in [6, 6.07) is 3.21. The number of piperidine rings is 1. The van der Waals surface area contributed by atoms with Crippen molar-refractivity contribution in [3.8, 4) is 0 Å². The van der Waals surface area contributed by atoms with Gasteiger partial charge in [-0.3, -0.25) is 0 Å². The van der Waals surface area contributed by atoms with E-state index in [-0.39, 0.29) is 5.65 Å².